The summed E-state index contributed by atoms with van der Waals surface area (Å²) < 4.78 is 1.36. The van der Waals surface area contributed by atoms with Crippen LogP contribution in [0.4, 0.5) is 0 Å². The van der Waals surface area contributed by atoms with Crippen LogP contribution in [0.15, 0.2) is 34.0 Å². The highest BCUT2D eigenvalue weighted by molar-refractivity contribution is 7.18. The zero-order valence-electron chi connectivity index (χ0n) is 15.2. The highest BCUT2D eigenvalue weighted by atomic mass is 35.5. The van der Waals surface area contributed by atoms with Gasteiger partial charge in [0.2, 0.25) is 5.91 Å². The molecule has 0 radical (unpaired) electrons. The van der Waals surface area contributed by atoms with Gasteiger partial charge in [-0.3, -0.25) is 14.2 Å². The number of halogens is 1. The molecule has 0 aromatic carbocycles. The lowest BCUT2D eigenvalue weighted by Gasteiger charge is -2.26. The average molecular weight is 427 g/mol. The zero-order valence-corrected chi connectivity index (χ0v) is 17.7. The molecule has 0 bridgehead atoms. The lowest BCUT2D eigenvalue weighted by molar-refractivity contribution is -0.122. The molecule has 3 rings (SSSR count). The van der Waals surface area contributed by atoms with Crippen LogP contribution in [0.2, 0.25) is 0 Å². The van der Waals surface area contributed by atoms with Gasteiger partial charge in [0.05, 0.1) is 11.7 Å². The zero-order chi connectivity index (χ0) is 18.7. The average Bonchev–Trinajstić information content (AvgIpc) is 3.31. The number of nitrogens with zero attached hydrogens (tertiary/aromatic N) is 2. The van der Waals surface area contributed by atoms with Gasteiger partial charge in [0.15, 0.2) is 0 Å². The minimum atomic E-state index is -0.414. The highest BCUT2D eigenvalue weighted by Gasteiger charge is 2.21. The van der Waals surface area contributed by atoms with Crippen LogP contribution in [0.5, 0.6) is 0 Å². The van der Waals surface area contributed by atoms with Gasteiger partial charge in [-0.1, -0.05) is 19.9 Å². The minimum Gasteiger partial charge on any atom is -0.353 e. The van der Waals surface area contributed by atoms with Gasteiger partial charge in [-0.25, -0.2) is 4.98 Å². The number of rotatable bonds is 7. The number of hydrogen-bond acceptors (Lipinski definition) is 6. The second kappa shape index (κ2) is 8.97. The van der Waals surface area contributed by atoms with Crippen molar-refractivity contribution in [1.82, 2.24) is 14.9 Å². The Morgan fingerprint density at radius 2 is 2.07 bits per heavy atom. The van der Waals surface area contributed by atoms with Gasteiger partial charge in [-0.2, -0.15) is 0 Å². The molecule has 0 saturated heterocycles. The highest BCUT2D eigenvalue weighted by Crippen LogP contribution is 2.33. The van der Waals surface area contributed by atoms with Gasteiger partial charge in [0.25, 0.3) is 5.56 Å². The summed E-state index contributed by atoms with van der Waals surface area (Å²) in [4.78, 5) is 31.2. The van der Waals surface area contributed by atoms with E-state index in [4.69, 9.17) is 5.73 Å². The number of carbonyl (C=O) groups is 1. The predicted octanol–water partition coefficient (Wildman–Crippen LogP) is 3.24. The van der Waals surface area contributed by atoms with Crippen molar-refractivity contribution in [2.75, 3.05) is 6.54 Å². The lowest BCUT2D eigenvalue weighted by atomic mass is 9.94. The van der Waals surface area contributed by atoms with E-state index < -0.39 is 5.54 Å². The summed E-state index contributed by atoms with van der Waals surface area (Å²) in [6.07, 6.45) is 2.99. The molecule has 6 nitrogen and oxygen atoms in total. The molecular formula is C18H23ClN4O2S2. The fourth-order valence-corrected chi connectivity index (χ4v) is 4.40. The summed E-state index contributed by atoms with van der Waals surface area (Å²) >= 11 is 3.02. The number of nitrogens with two attached hydrogens (primary N) is 1. The van der Waals surface area contributed by atoms with Crippen LogP contribution in [-0.4, -0.2) is 27.5 Å². The molecule has 3 heterocycles. The number of nitrogens with one attached hydrogen (secondary N) is 1. The molecule has 0 fully saturated rings. The first-order valence-electron chi connectivity index (χ1n) is 8.53. The van der Waals surface area contributed by atoms with Crippen LogP contribution >= 0.6 is 35.1 Å². The van der Waals surface area contributed by atoms with Crippen molar-refractivity contribution >= 4 is 51.2 Å². The first kappa shape index (κ1) is 21.6. The summed E-state index contributed by atoms with van der Waals surface area (Å²) in [6.45, 7) is 4.33. The van der Waals surface area contributed by atoms with Gasteiger partial charge in [-0.15, -0.1) is 35.1 Å². The fourth-order valence-electron chi connectivity index (χ4n) is 2.68. The Bertz CT molecular complexity index is 962. The second-order valence-electron chi connectivity index (χ2n) is 6.33. The van der Waals surface area contributed by atoms with Crippen LogP contribution < -0.4 is 16.6 Å². The maximum absolute atomic E-state index is 12.9. The van der Waals surface area contributed by atoms with Gasteiger partial charge >= 0.3 is 0 Å². The number of thiophene rings is 2. The van der Waals surface area contributed by atoms with Crippen molar-refractivity contribution in [1.29, 1.82) is 0 Å². The fraction of sp³-hybridized carbons (Fsp3) is 0.389. The molecule has 0 saturated carbocycles. The molecular weight excluding hydrogens is 404 g/mol. The van der Waals surface area contributed by atoms with Crippen molar-refractivity contribution in [3.05, 3.63) is 39.6 Å². The van der Waals surface area contributed by atoms with E-state index in [2.05, 4.69) is 10.3 Å². The lowest BCUT2D eigenvalue weighted by Crippen LogP contribution is -2.50. The van der Waals surface area contributed by atoms with E-state index in [-0.39, 0.29) is 30.4 Å². The van der Waals surface area contributed by atoms with Gasteiger partial charge in [0.1, 0.15) is 11.4 Å². The van der Waals surface area contributed by atoms with Crippen LogP contribution in [0.3, 0.4) is 0 Å². The second-order valence-corrected chi connectivity index (χ2v) is 8.14. The quantitative estimate of drug-likeness (QED) is 0.606. The number of fused-ring (bicyclic) bond motifs is 1. The largest absolute Gasteiger partial charge is 0.353 e. The Hall–Kier alpha value is -1.74. The molecule has 3 aromatic rings. The Balaban J connectivity index is 0.00000261. The monoisotopic (exact) mass is 426 g/mol. The van der Waals surface area contributed by atoms with Crippen molar-refractivity contribution in [2.45, 2.75) is 38.8 Å². The number of carbonyl (C=O) groups excluding carboxylic acids is 1. The van der Waals surface area contributed by atoms with E-state index in [0.29, 0.717) is 16.8 Å². The molecule has 27 heavy (non-hydrogen) atoms. The molecule has 0 aliphatic rings. The maximum atomic E-state index is 12.9. The van der Waals surface area contributed by atoms with Crippen molar-refractivity contribution < 1.29 is 4.79 Å². The molecule has 0 aliphatic carbocycles. The topological polar surface area (TPSA) is 90.0 Å². The molecule has 0 aliphatic heterocycles. The molecule has 3 aromatic heterocycles. The van der Waals surface area contributed by atoms with Gasteiger partial charge < -0.3 is 11.1 Å². The van der Waals surface area contributed by atoms with Crippen LogP contribution in [0.25, 0.3) is 20.7 Å². The summed E-state index contributed by atoms with van der Waals surface area (Å²) in [7, 11) is 0. The Labute approximate surface area is 171 Å². The third-order valence-corrected chi connectivity index (χ3v) is 6.50. The van der Waals surface area contributed by atoms with E-state index in [1.54, 1.807) is 11.3 Å². The number of amides is 1. The molecule has 3 N–H and O–H groups in total. The number of aromatic nitrogens is 2. The molecule has 146 valence electrons. The first-order valence-corrected chi connectivity index (χ1v) is 10.3. The Kier molecular flexibility index (Phi) is 7.16. The first-order chi connectivity index (χ1) is 12.5. The molecule has 1 amide bonds. The summed E-state index contributed by atoms with van der Waals surface area (Å²) in [5, 5.41) is 7.33. The third-order valence-electron chi connectivity index (χ3n) is 4.71. The molecule has 0 atom stereocenters. The van der Waals surface area contributed by atoms with Crippen molar-refractivity contribution in [3.63, 3.8) is 0 Å². The Morgan fingerprint density at radius 3 is 2.70 bits per heavy atom. The smallest absolute Gasteiger partial charge is 0.263 e. The molecule has 9 heteroatoms. The predicted molar refractivity (Wildman–Crippen MR) is 115 cm³/mol. The molecule has 0 spiro atoms. The van der Waals surface area contributed by atoms with E-state index >= 15 is 0 Å². The SMILES string of the molecule is CCC(N)(CC)CNC(=O)Cn1cnc2scc(-c3cccs3)c2c1=O.Cl. The van der Waals surface area contributed by atoms with Crippen LogP contribution in [0.1, 0.15) is 26.7 Å². The van der Waals surface area contributed by atoms with Gasteiger partial charge in [-0.05, 0) is 24.3 Å². The van der Waals surface area contributed by atoms with E-state index in [1.165, 1.54) is 22.2 Å². The van der Waals surface area contributed by atoms with E-state index in [1.807, 2.05) is 36.7 Å². The van der Waals surface area contributed by atoms with Crippen molar-refractivity contribution in [2.24, 2.45) is 5.73 Å². The van der Waals surface area contributed by atoms with E-state index in [0.717, 1.165) is 23.3 Å². The third kappa shape index (κ3) is 4.57. The van der Waals surface area contributed by atoms with Crippen LogP contribution in [-0.2, 0) is 11.3 Å². The Morgan fingerprint density at radius 1 is 1.33 bits per heavy atom. The van der Waals surface area contributed by atoms with Gasteiger partial charge in [0, 0.05) is 27.9 Å². The summed E-state index contributed by atoms with van der Waals surface area (Å²) in [6, 6.07) is 3.93. The standard InChI is InChI=1S/C18H22N4O2S2.ClH/c1-3-18(19,4-2)10-20-14(23)8-22-11-21-16-15(17(22)24)12(9-26-16)13-6-5-7-25-13;/h5-7,9,11H,3-4,8,10,19H2,1-2H3,(H,20,23);1H. The maximum Gasteiger partial charge on any atom is 0.263 e. The van der Waals surface area contributed by atoms with Crippen molar-refractivity contribution in [3.8, 4) is 10.4 Å². The summed E-state index contributed by atoms with van der Waals surface area (Å²) in [5.41, 5.74) is 6.48. The number of hydrogen-bond donors (Lipinski definition) is 2. The summed E-state index contributed by atoms with van der Waals surface area (Å²) in [5.74, 6) is -0.238. The molecule has 0 unspecified atom stereocenters. The van der Waals surface area contributed by atoms with Crippen LogP contribution in [0, 0.1) is 0 Å². The van der Waals surface area contributed by atoms with E-state index in [9.17, 15) is 9.59 Å². The minimum absolute atomic E-state index is 0. The normalized spacial score (nSPS) is 11.4.